The number of anilines is 1. The fraction of sp³-hybridized carbons (Fsp3) is 0.333. The second-order valence-electron chi connectivity index (χ2n) is 9.92. The fourth-order valence-corrected chi connectivity index (χ4v) is 5.64. The Kier molecular flexibility index (Phi) is 10.6. The second kappa shape index (κ2) is 13.5. The normalized spacial score (nSPS) is 12.9. The summed E-state index contributed by atoms with van der Waals surface area (Å²) in [6.45, 7) is 8.86. The van der Waals surface area contributed by atoms with E-state index in [1.807, 2.05) is 52.0 Å². The van der Waals surface area contributed by atoms with E-state index < -0.39 is 28.5 Å². The third-order valence-corrected chi connectivity index (χ3v) is 9.25. The molecule has 0 radical (unpaired) electrons. The van der Waals surface area contributed by atoms with Crippen LogP contribution in [-0.2, 0) is 26.2 Å². The third kappa shape index (κ3) is 7.77. The molecule has 2 atom stereocenters. The summed E-state index contributed by atoms with van der Waals surface area (Å²) < 4.78 is 28.8. The van der Waals surface area contributed by atoms with Crippen LogP contribution >= 0.6 is 23.2 Å². The van der Waals surface area contributed by atoms with E-state index >= 15 is 0 Å². The molecule has 0 saturated heterocycles. The molecule has 0 fully saturated rings. The number of nitrogens with one attached hydrogen (secondary N) is 1. The van der Waals surface area contributed by atoms with Crippen molar-refractivity contribution in [3.05, 3.63) is 93.5 Å². The van der Waals surface area contributed by atoms with Crippen molar-refractivity contribution < 1.29 is 18.0 Å². The summed E-state index contributed by atoms with van der Waals surface area (Å²) in [5.74, 6) is -0.869. The van der Waals surface area contributed by atoms with E-state index in [4.69, 9.17) is 23.2 Å². The van der Waals surface area contributed by atoms with Gasteiger partial charge in [0, 0.05) is 12.6 Å². The minimum Gasteiger partial charge on any atom is -0.352 e. The van der Waals surface area contributed by atoms with Gasteiger partial charge in [-0.15, -0.1) is 0 Å². The molecule has 0 aliphatic heterocycles. The van der Waals surface area contributed by atoms with Crippen LogP contribution in [0, 0.1) is 13.8 Å². The number of benzene rings is 3. The molecule has 1 N–H and O–H groups in total. The summed E-state index contributed by atoms with van der Waals surface area (Å²) in [6.07, 6.45) is 0.726. The van der Waals surface area contributed by atoms with Crippen LogP contribution in [0.15, 0.2) is 71.6 Å². The van der Waals surface area contributed by atoms with Crippen LogP contribution in [0.1, 0.15) is 43.9 Å². The number of hydrogen-bond acceptors (Lipinski definition) is 4. The SMILES string of the molecule is CC[C@@H](C)NC(=O)[C@H](C)N(Cc1ccc(C)cc1)C(=O)CN(c1ccc(Cl)c(Cl)c1)S(=O)(=O)c1ccc(C)cc1. The Bertz CT molecular complexity index is 1440. The van der Waals surface area contributed by atoms with Gasteiger partial charge in [-0.25, -0.2) is 8.42 Å². The summed E-state index contributed by atoms with van der Waals surface area (Å²) in [7, 11) is -4.19. The van der Waals surface area contributed by atoms with E-state index in [2.05, 4.69) is 5.32 Å². The number of carbonyl (C=O) groups is 2. The number of nitrogens with zero attached hydrogens (tertiary/aromatic N) is 2. The number of halogens is 2. The summed E-state index contributed by atoms with van der Waals surface area (Å²) in [5, 5.41) is 3.32. The van der Waals surface area contributed by atoms with E-state index in [9.17, 15) is 18.0 Å². The summed E-state index contributed by atoms with van der Waals surface area (Å²) >= 11 is 12.3. The topological polar surface area (TPSA) is 86.8 Å². The predicted molar refractivity (Wildman–Crippen MR) is 161 cm³/mol. The molecule has 40 heavy (non-hydrogen) atoms. The maximum Gasteiger partial charge on any atom is 0.264 e. The van der Waals surface area contributed by atoms with E-state index in [-0.39, 0.29) is 39.1 Å². The minimum absolute atomic E-state index is 0.0182. The van der Waals surface area contributed by atoms with Crippen LogP contribution in [0.3, 0.4) is 0 Å². The first kappa shape index (κ1) is 31.5. The van der Waals surface area contributed by atoms with Gasteiger partial charge < -0.3 is 10.2 Å². The predicted octanol–water partition coefficient (Wildman–Crippen LogP) is 6.14. The van der Waals surface area contributed by atoms with Crippen molar-refractivity contribution in [2.75, 3.05) is 10.8 Å². The second-order valence-corrected chi connectivity index (χ2v) is 12.6. The Hall–Kier alpha value is -3.07. The van der Waals surface area contributed by atoms with Crippen LogP contribution in [0.5, 0.6) is 0 Å². The van der Waals surface area contributed by atoms with Crippen LogP contribution in [0.25, 0.3) is 0 Å². The lowest BCUT2D eigenvalue weighted by Gasteiger charge is -2.32. The lowest BCUT2D eigenvalue weighted by Crippen LogP contribution is -2.52. The highest BCUT2D eigenvalue weighted by molar-refractivity contribution is 7.92. The van der Waals surface area contributed by atoms with Crippen molar-refractivity contribution in [2.45, 2.75) is 64.6 Å². The number of sulfonamides is 1. The number of carbonyl (C=O) groups excluding carboxylic acids is 2. The Morgan fingerprint density at radius 1 is 0.875 bits per heavy atom. The molecule has 3 aromatic carbocycles. The number of rotatable bonds is 11. The van der Waals surface area contributed by atoms with Gasteiger partial charge in [-0.05, 0) is 70.0 Å². The number of aryl methyl sites for hydroxylation is 2. The first-order valence-electron chi connectivity index (χ1n) is 13.0. The quantitative estimate of drug-likeness (QED) is 0.285. The first-order chi connectivity index (χ1) is 18.8. The molecule has 214 valence electrons. The minimum atomic E-state index is -4.19. The molecule has 0 aliphatic rings. The first-order valence-corrected chi connectivity index (χ1v) is 15.2. The molecule has 0 saturated carbocycles. The Balaban J connectivity index is 2.04. The Morgan fingerprint density at radius 3 is 2.00 bits per heavy atom. The smallest absolute Gasteiger partial charge is 0.264 e. The van der Waals surface area contributed by atoms with E-state index in [1.54, 1.807) is 19.1 Å². The average Bonchev–Trinajstić information content (AvgIpc) is 2.92. The molecule has 0 unspecified atom stereocenters. The van der Waals surface area contributed by atoms with Gasteiger partial charge in [-0.1, -0.05) is 77.7 Å². The van der Waals surface area contributed by atoms with Crippen LogP contribution in [-0.4, -0.2) is 43.8 Å². The maximum absolute atomic E-state index is 14.0. The highest BCUT2D eigenvalue weighted by Gasteiger charge is 2.33. The summed E-state index contributed by atoms with van der Waals surface area (Å²) in [5.41, 5.74) is 2.93. The van der Waals surface area contributed by atoms with Gasteiger partial charge in [0.2, 0.25) is 11.8 Å². The third-order valence-electron chi connectivity index (χ3n) is 6.72. The van der Waals surface area contributed by atoms with Gasteiger partial charge in [-0.2, -0.15) is 0 Å². The van der Waals surface area contributed by atoms with Gasteiger partial charge in [0.15, 0.2) is 0 Å². The largest absolute Gasteiger partial charge is 0.352 e. The highest BCUT2D eigenvalue weighted by atomic mass is 35.5. The van der Waals surface area contributed by atoms with E-state index in [1.165, 1.54) is 35.2 Å². The van der Waals surface area contributed by atoms with Gasteiger partial charge in [0.1, 0.15) is 12.6 Å². The molecule has 0 heterocycles. The molecule has 3 rings (SSSR count). The number of amides is 2. The molecule has 2 amide bonds. The van der Waals surface area contributed by atoms with Gasteiger partial charge >= 0.3 is 0 Å². The lowest BCUT2D eigenvalue weighted by molar-refractivity contribution is -0.139. The molecule has 3 aromatic rings. The van der Waals surface area contributed by atoms with Gasteiger partial charge in [0.25, 0.3) is 10.0 Å². The molecular weight excluding hydrogens is 569 g/mol. The maximum atomic E-state index is 14.0. The van der Waals surface area contributed by atoms with Gasteiger partial charge in [-0.3, -0.25) is 13.9 Å². The average molecular weight is 605 g/mol. The van der Waals surface area contributed by atoms with Crippen molar-refractivity contribution in [1.29, 1.82) is 0 Å². The lowest BCUT2D eigenvalue weighted by atomic mass is 10.1. The van der Waals surface area contributed by atoms with Crippen molar-refractivity contribution >= 4 is 50.7 Å². The Labute approximate surface area is 247 Å². The van der Waals surface area contributed by atoms with E-state index in [0.29, 0.717) is 0 Å². The van der Waals surface area contributed by atoms with Crippen molar-refractivity contribution in [2.24, 2.45) is 0 Å². The van der Waals surface area contributed by atoms with Crippen molar-refractivity contribution in [1.82, 2.24) is 10.2 Å². The molecular formula is C30H35Cl2N3O4S. The van der Waals surface area contributed by atoms with Crippen LogP contribution in [0.4, 0.5) is 5.69 Å². The van der Waals surface area contributed by atoms with Crippen molar-refractivity contribution in [3.63, 3.8) is 0 Å². The standard InChI is InChI=1S/C30H35Cl2N3O4S/c1-6-22(4)33-30(37)23(5)34(18-24-11-7-20(2)8-12-24)29(36)19-35(25-13-16-27(31)28(32)17-25)40(38,39)26-14-9-21(3)10-15-26/h7-17,22-23H,6,18-19H2,1-5H3,(H,33,37)/t22-,23+/m1/s1. The zero-order valence-electron chi connectivity index (χ0n) is 23.3. The molecule has 0 aromatic heterocycles. The summed E-state index contributed by atoms with van der Waals surface area (Å²) in [6, 6.07) is 17.4. The van der Waals surface area contributed by atoms with Gasteiger partial charge in [0.05, 0.1) is 20.6 Å². The van der Waals surface area contributed by atoms with Crippen LogP contribution < -0.4 is 9.62 Å². The van der Waals surface area contributed by atoms with Crippen molar-refractivity contribution in [3.8, 4) is 0 Å². The number of hydrogen-bond donors (Lipinski definition) is 1. The Morgan fingerprint density at radius 2 is 1.45 bits per heavy atom. The molecule has 10 heteroatoms. The fourth-order valence-electron chi connectivity index (χ4n) is 3.94. The molecule has 0 bridgehead atoms. The zero-order valence-corrected chi connectivity index (χ0v) is 25.6. The van der Waals surface area contributed by atoms with E-state index in [0.717, 1.165) is 27.4 Å². The molecule has 7 nitrogen and oxygen atoms in total. The highest BCUT2D eigenvalue weighted by Crippen LogP contribution is 2.31. The van der Waals surface area contributed by atoms with Crippen LogP contribution in [0.2, 0.25) is 10.0 Å². The monoisotopic (exact) mass is 603 g/mol. The summed E-state index contributed by atoms with van der Waals surface area (Å²) in [4.78, 5) is 28.5. The zero-order chi connectivity index (χ0) is 29.6. The molecule has 0 aliphatic carbocycles. The molecule has 0 spiro atoms.